The molecule has 1 aromatic carbocycles. The van der Waals surface area contributed by atoms with Crippen molar-refractivity contribution in [3.05, 3.63) is 29.8 Å². The number of likely N-dealkylation sites (N-methyl/N-ethyl adjacent to an activating group) is 1. The van der Waals surface area contributed by atoms with Crippen LogP contribution >= 0.6 is 0 Å². The monoisotopic (exact) mass is 306 g/mol. The Morgan fingerprint density at radius 1 is 1.45 bits per heavy atom. The Hall–Kier alpha value is -1.59. The fraction of sp³-hybridized carbons (Fsp3) is 0.588. The highest BCUT2D eigenvalue weighted by atomic mass is 16.5. The summed E-state index contributed by atoms with van der Waals surface area (Å²) in [5.41, 5.74) is 0.744. The second-order valence-electron chi connectivity index (χ2n) is 6.21. The van der Waals surface area contributed by atoms with Crippen molar-refractivity contribution in [2.75, 3.05) is 20.1 Å². The third-order valence-corrected chi connectivity index (χ3v) is 3.67. The molecule has 2 rings (SSSR count). The minimum absolute atomic E-state index is 0.0527. The van der Waals surface area contributed by atoms with Crippen molar-refractivity contribution in [3.63, 3.8) is 0 Å². The number of aliphatic hydroxyl groups excluding tert-OH is 1. The van der Waals surface area contributed by atoms with Crippen molar-refractivity contribution < 1.29 is 14.6 Å². The van der Waals surface area contributed by atoms with Crippen molar-refractivity contribution in [1.82, 2.24) is 10.2 Å². The van der Waals surface area contributed by atoms with E-state index in [1.165, 1.54) is 12.8 Å². The SMILES string of the molecule is CC(C)Oc1cccc(C(O)CNC(=O)CN(C)C2CC2)c1. The Labute approximate surface area is 132 Å². The number of rotatable bonds is 8. The number of nitrogens with zero attached hydrogens (tertiary/aromatic N) is 1. The van der Waals surface area contributed by atoms with E-state index in [-0.39, 0.29) is 18.6 Å². The highest BCUT2D eigenvalue weighted by Crippen LogP contribution is 2.24. The van der Waals surface area contributed by atoms with E-state index < -0.39 is 6.10 Å². The van der Waals surface area contributed by atoms with Gasteiger partial charge < -0.3 is 15.2 Å². The van der Waals surface area contributed by atoms with Gasteiger partial charge in [-0.2, -0.15) is 0 Å². The summed E-state index contributed by atoms with van der Waals surface area (Å²) in [6, 6.07) is 7.91. The highest BCUT2D eigenvalue weighted by Gasteiger charge is 2.27. The summed E-state index contributed by atoms with van der Waals surface area (Å²) in [5, 5.41) is 13.0. The van der Waals surface area contributed by atoms with Crippen LogP contribution in [-0.4, -0.2) is 48.2 Å². The molecule has 1 aromatic rings. The molecule has 0 saturated heterocycles. The van der Waals surface area contributed by atoms with E-state index in [0.717, 1.165) is 11.3 Å². The number of aliphatic hydroxyl groups is 1. The molecule has 0 radical (unpaired) electrons. The van der Waals surface area contributed by atoms with E-state index in [1.807, 2.05) is 45.2 Å². The van der Waals surface area contributed by atoms with Crippen LogP contribution in [0.4, 0.5) is 0 Å². The van der Waals surface area contributed by atoms with Crippen LogP contribution in [0.3, 0.4) is 0 Å². The summed E-state index contributed by atoms with van der Waals surface area (Å²) < 4.78 is 5.61. The van der Waals surface area contributed by atoms with Gasteiger partial charge in [0.15, 0.2) is 0 Å². The number of ether oxygens (including phenoxy) is 1. The number of carbonyl (C=O) groups is 1. The Bertz CT molecular complexity index is 500. The van der Waals surface area contributed by atoms with Crippen LogP contribution in [0.2, 0.25) is 0 Å². The molecule has 0 aromatic heterocycles. The second kappa shape index (κ2) is 7.61. The van der Waals surface area contributed by atoms with Gasteiger partial charge in [0, 0.05) is 12.6 Å². The van der Waals surface area contributed by atoms with Gasteiger partial charge >= 0.3 is 0 Å². The fourth-order valence-electron chi connectivity index (χ4n) is 2.32. The van der Waals surface area contributed by atoms with Gasteiger partial charge in [-0.05, 0) is 51.4 Å². The van der Waals surface area contributed by atoms with E-state index in [9.17, 15) is 9.90 Å². The maximum absolute atomic E-state index is 11.8. The van der Waals surface area contributed by atoms with Crippen molar-refractivity contribution in [3.8, 4) is 5.75 Å². The zero-order valence-corrected chi connectivity index (χ0v) is 13.6. The average molecular weight is 306 g/mol. The van der Waals surface area contributed by atoms with Gasteiger partial charge in [-0.25, -0.2) is 0 Å². The molecule has 1 aliphatic carbocycles. The first-order chi connectivity index (χ1) is 10.5. The lowest BCUT2D eigenvalue weighted by molar-refractivity contribution is -0.122. The van der Waals surface area contributed by atoms with Gasteiger partial charge in [-0.1, -0.05) is 12.1 Å². The molecule has 0 bridgehead atoms. The lowest BCUT2D eigenvalue weighted by Crippen LogP contribution is -2.38. The van der Waals surface area contributed by atoms with E-state index in [1.54, 1.807) is 0 Å². The molecule has 0 heterocycles. The number of hydrogen-bond acceptors (Lipinski definition) is 4. The molecule has 5 nitrogen and oxygen atoms in total. The zero-order chi connectivity index (χ0) is 16.1. The predicted molar refractivity (Wildman–Crippen MR) is 85.8 cm³/mol. The quantitative estimate of drug-likeness (QED) is 0.768. The first-order valence-electron chi connectivity index (χ1n) is 7.87. The van der Waals surface area contributed by atoms with Crippen LogP contribution in [0.5, 0.6) is 5.75 Å². The minimum atomic E-state index is -0.731. The summed E-state index contributed by atoms with van der Waals surface area (Å²) in [4.78, 5) is 13.9. The lowest BCUT2D eigenvalue weighted by atomic mass is 10.1. The van der Waals surface area contributed by atoms with Gasteiger partial charge in [0.1, 0.15) is 5.75 Å². The molecule has 0 spiro atoms. The summed E-state index contributed by atoms with van der Waals surface area (Å²) in [6.45, 7) is 4.51. The van der Waals surface area contributed by atoms with Gasteiger partial charge in [0.2, 0.25) is 5.91 Å². The van der Waals surface area contributed by atoms with Gasteiger partial charge in [0.05, 0.1) is 18.8 Å². The van der Waals surface area contributed by atoms with E-state index in [2.05, 4.69) is 10.2 Å². The normalized spacial score (nSPS) is 15.9. The molecule has 1 saturated carbocycles. The molecule has 1 amide bonds. The van der Waals surface area contributed by atoms with Crippen molar-refractivity contribution >= 4 is 5.91 Å². The number of carbonyl (C=O) groups excluding carboxylic acids is 1. The minimum Gasteiger partial charge on any atom is -0.491 e. The fourth-order valence-corrected chi connectivity index (χ4v) is 2.32. The summed E-state index contributed by atoms with van der Waals surface area (Å²) in [5.74, 6) is 0.675. The van der Waals surface area contributed by atoms with Crippen molar-refractivity contribution in [1.29, 1.82) is 0 Å². The summed E-state index contributed by atoms with van der Waals surface area (Å²) in [7, 11) is 1.96. The van der Waals surface area contributed by atoms with E-state index >= 15 is 0 Å². The zero-order valence-electron chi connectivity index (χ0n) is 13.6. The first kappa shape index (κ1) is 16.8. The molecular weight excluding hydrogens is 280 g/mol. The van der Waals surface area contributed by atoms with Gasteiger partial charge in [-0.3, -0.25) is 9.69 Å². The second-order valence-corrected chi connectivity index (χ2v) is 6.21. The highest BCUT2D eigenvalue weighted by molar-refractivity contribution is 5.78. The molecule has 0 aliphatic heterocycles. The van der Waals surface area contributed by atoms with Crippen LogP contribution in [0, 0.1) is 0 Å². The van der Waals surface area contributed by atoms with Crippen LogP contribution in [0.25, 0.3) is 0 Å². The van der Waals surface area contributed by atoms with Gasteiger partial charge in [0.25, 0.3) is 0 Å². The maximum Gasteiger partial charge on any atom is 0.234 e. The Morgan fingerprint density at radius 2 is 2.18 bits per heavy atom. The first-order valence-corrected chi connectivity index (χ1v) is 7.87. The largest absolute Gasteiger partial charge is 0.491 e. The molecule has 5 heteroatoms. The Morgan fingerprint density at radius 3 is 2.82 bits per heavy atom. The van der Waals surface area contributed by atoms with E-state index in [0.29, 0.717) is 12.6 Å². The number of hydrogen-bond donors (Lipinski definition) is 2. The molecule has 22 heavy (non-hydrogen) atoms. The number of nitrogens with one attached hydrogen (secondary N) is 1. The number of amides is 1. The molecule has 1 unspecified atom stereocenters. The van der Waals surface area contributed by atoms with Crippen molar-refractivity contribution in [2.24, 2.45) is 0 Å². The molecule has 1 fully saturated rings. The standard InChI is InChI=1S/C17H26N2O3/c1-12(2)22-15-6-4-5-13(9-15)16(20)10-18-17(21)11-19(3)14-7-8-14/h4-6,9,12,14,16,20H,7-8,10-11H2,1-3H3,(H,18,21). The molecule has 122 valence electrons. The molecule has 1 atom stereocenters. The van der Waals surface area contributed by atoms with Crippen LogP contribution in [0.15, 0.2) is 24.3 Å². The summed E-state index contributed by atoms with van der Waals surface area (Å²) >= 11 is 0. The van der Waals surface area contributed by atoms with Crippen LogP contribution in [-0.2, 0) is 4.79 Å². The topological polar surface area (TPSA) is 61.8 Å². The predicted octanol–water partition coefficient (Wildman–Crippen LogP) is 1.72. The molecule has 1 aliphatic rings. The Kier molecular flexibility index (Phi) is 5.80. The summed E-state index contributed by atoms with van der Waals surface area (Å²) in [6.07, 6.45) is 1.71. The third-order valence-electron chi connectivity index (χ3n) is 3.67. The molecule has 2 N–H and O–H groups in total. The third kappa shape index (κ3) is 5.31. The lowest BCUT2D eigenvalue weighted by Gasteiger charge is -2.17. The number of benzene rings is 1. The van der Waals surface area contributed by atoms with E-state index in [4.69, 9.17) is 4.74 Å². The van der Waals surface area contributed by atoms with Gasteiger partial charge in [-0.15, -0.1) is 0 Å². The van der Waals surface area contributed by atoms with Crippen molar-refractivity contribution in [2.45, 2.75) is 44.9 Å². The van der Waals surface area contributed by atoms with Crippen LogP contribution in [0.1, 0.15) is 38.4 Å². The smallest absolute Gasteiger partial charge is 0.234 e. The average Bonchev–Trinajstić information content (AvgIpc) is 3.29. The Balaban J connectivity index is 1.80. The molecular formula is C17H26N2O3. The maximum atomic E-state index is 11.8. The van der Waals surface area contributed by atoms with Crippen LogP contribution < -0.4 is 10.1 Å².